The number of hydrogen-bond acceptors (Lipinski definition) is 2. The Bertz CT molecular complexity index is 599. The molecule has 0 unspecified atom stereocenters. The topological polar surface area (TPSA) is 46.3 Å². The third kappa shape index (κ3) is 3.15. The van der Waals surface area contributed by atoms with Crippen LogP contribution in [0.3, 0.4) is 0 Å². The van der Waals surface area contributed by atoms with Crippen LogP contribution in [0.25, 0.3) is 0 Å². The van der Waals surface area contributed by atoms with Crippen molar-refractivity contribution in [3.05, 3.63) is 65.5 Å². The standard InChI is InChI=1S/C16H17FN2O/c1-2-19(11-12-6-4-3-5-7-12)16(20)14-10-13(17)8-9-15(14)18/h3-10H,2,11,18H2,1H3. The molecule has 0 bridgehead atoms. The molecular formula is C16H17FN2O. The number of amides is 1. The number of halogens is 1. The fourth-order valence-corrected chi connectivity index (χ4v) is 2.02. The van der Waals surface area contributed by atoms with Crippen LogP contribution in [0.5, 0.6) is 0 Å². The SMILES string of the molecule is CCN(Cc1ccccc1)C(=O)c1cc(F)ccc1N. The summed E-state index contributed by atoms with van der Waals surface area (Å²) in [6.45, 7) is 2.89. The van der Waals surface area contributed by atoms with Crippen LogP contribution in [0.1, 0.15) is 22.8 Å². The summed E-state index contributed by atoms with van der Waals surface area (Å²) < 4.78 is 13.3. The van der Waals surface area contributed by atoms with Gasteiger partial charge in [0.05, 0.1) is 5.56 Å². The number of nitrogen functional groups attached to an aromatic ring is 1. The molecule has 1 amide bonds. The van der Waals surface area contributed by atoms with Gasteiger partial charge in [0.1, 0.15) is 5.82 Å². The summed E-state index contributed by atoms with van der Waals surface area (Å²) in [5.41, 5.74) is 7.29. The van der Waals surface area contributed by atoms with Crippen molar-refractivity contribution in [2.75, 3.05) is 12.3 Å². The molecule has 0 aliphatic heterocycles. The second-order valence-electron chi connectivity index (χ2n) is 4.54. The summed E-state index contributed by atoms with van der Waals surface area (Å²) in [6.07, 6.45) is 0. The molecule has 104 valence electrons. The average Bonchev–Trinajstić information content (AvgIpc) is 2.47. The molecule has 0 atom stereocenters. The van der Waals surface area contributed by atoms with E-state index in [1.54, 1.807) is 4.90 Å². The Kier molecular flexibility index (Phi) is 4.35. The zero-order chi connectivity index (χ0) is 14.5. The molecule has 3 nitrogen and oxygen atoms in total. The first-order valence-corrected chi connectivity index (χ1v) is 6.50. The molecular weight excluding hydrogens is 255 g/mol. The van der Waals surface area contributed by atoms with E-state index in [2.05, 4.69) is 0 Å². The highest BCUT2D eigenvalue weighted by atomic mass is 19.1. The lowest BCUT2D eigenvalue weighted by Crippen LogP contribution is -2.31. The van der Waals surface area contributed by atoms with Crippen LogP contribution in [0, 0.1) is 5.82 Å². The van der Waals surface area contributed by atoms with E-state index in [1.807, 2.05) is 37.3 Å². The molecule has 2 N–H and O–H groups in total. The Labute approximate surface area is 117 Å². The molecule has 4 heteroatoms. The number of benzene rings is 2. The molecule has 0 aliphatic carbocycles. The summed E-state index contributed by atoms with van der Waals surface area (Å²) in [5.74, 6) is -0.716. The van der Waals surface area contributed by atoms with Gasteiger partial charge in [-0.25, -0.2) is 4.39 Å². The van der Waals surface area contributed by atoms with Crippen molar-refractivity contribution >= 4 is 11.6 Å². The third-order valence-corrected chi connectivity index (χ3v) is 3.13. The van der Waals surface area contributed by atoms with E-state index in [9.17, 15) is 9.18 Å². The lowest BCUT2D eigenvalue weighted by atomic mass is 10.1. The van der Waals surface area contributed by atoms with Crippen molar-refractivity contribution in [2.45, 2.75) is 13.5 Å². The molecule has 0 saturated carbocycles. The number of carbonyl (C=O) groups is 1. The van der Waals surface area contributed by atoms with Crippen LogP contribution in [0.15, 0.2) is 48.5 Å². The van der Waals surface area contributed by atoms with Crippen LogP contribution >= 0.6 is 0 Å². The largest absolute Gasteiger partial charge is 0.398 e. The Balaban J connectivity index is 2.23. The highest BCUT2D eigenvalue weighted by molar-refractivity contribution is 5.99. The minimum absolute atomic E-state index is 0.211. The molecule has 0 spiro atoms. The van der Waals surface area contributed by atoms with Gasteiger partial charge in [0, 0.05) is 18.8 Å². The second-order valence-corrected chi connectivity index (χ2v) is 4.54. The number of rotatable bonds is 4. The highest BCUT2D eigenvalue weighted by Crippen LogP contribution is 2.17. The second kappa shape index (κ2) is 6.19. The Hall–Kier alpha value is -2.36. The molecule has 0 aromatic heterocycles. The quantitative estimate of drug-likeness (QED) is 0.869. The molecule has 0 heterocycles. The van der Waals surface area contributed by atoms with Gasteiger partial charge in [-0.3, -0.25) is 4.79 Å². The summed E-state index contributed by atoms with van der Waals surface area (Å²) >= 11 is 0. The number of nitrogens with two attached hydrogens (primary N) is 1. The van der Waals surface area contributed by atoms with Crippen LogP contribution in [0.4, 0.5) is 10.1 Å². The van der Waals surface area contributed by atoms with Crippen LogP contribution in [-0.2, 0) is 6.54 Å². The predicted octanol–water partition coefficient (Wildman–Crippen LogP) is 3.07. The fraction of sp³-hybridized carbons (Fsp3) is 0.188. The van der Waals surface area contributed by atoms with Crippen LogP contribution < -0.4 is 5.73 Å². The van der Waals surface area contributed by atoms with Crippen molar-refractivity contribution in [2.24, 2.45) is 0 Å². The van der Waals surface area contributed by atoms with Crippen LogP contribution in [0.2, 0.25) is 0 Å². The molecule has 0 radical (unpaired) electrons. The molecule has 2 aromatic rings. The van der Waals surface area contributed by atoms with E-state index in [-0.39, 0.29) is 11.5 Å². The van der Waals surface area contributed by atoms with E-state index in [0.717, 1.165) is 5.56 Å². The van der Waals surface area contributed by atoms with Gasteiger partial charge in [-0.2, -0.15) is 0 Å². The smallest absolute Gasteiger partial charge is 0.256 e. The van der Waals surface area contributed by atoms with Crippen molar-refractivity contribution < 1.29 is 9.18 Å². The first kappa shape index (κ1) is 14.1. The summed E-state index contributed by atoms with van der Waals surface area (Å²) in [4.78, 5) is 14.1. The molecule has 2 rings (SSSR count). The zero-order valence-electron chi connectivity index (χ0n) is 11.3. The lowest BCUT2D eigenvalue weighted by molar-refractivity contribution is 0.0753. The molecule has 2 aromatic carbocycles. The van der Waals surface area contributed by atoms with Crippen molar-refractivity contribution in [1.82, 2.24) is 4.90 Å². The minimum Gasteiger partial charge on any atom is -0.398 e. The molecule has 0 fully saturated rings. The van der Waals surface area contributed by atoms with E-state index in [4.69, 9.17) is 5.73 Å². The van der Waals surface area contributed by atoms with E-state index >= 15 is 0 Å². The number of nitrogens with zero attached hydrogens (tertiary/aromatic N) is 1. The van der Waals surface area contributed by atoms with Gasteiger partial charge < -0.3 is 10.6 Å². The Morgan fingerprint density at radius 1 is 1.20 bits per heavy atom. The highest BCUT2D eigenvalue weighted by Gasteiger charge is 2.17. The van der Waals surface area contributed by atoms with Gasteiger partial charge in [0.15, 0.2) is 0 Å². The molecule has 0 aliphatic rings. The lowest BCUT2D eigenvalue weighted by Gasteiger charge is -2.22. The summed E-state index contributed by atoms with van der Waals surface area (Å²) in [6, 6.07) is 13.5. The third-order valence-electron chi connectivity index (χ3n) is 3.13. The number of carbonyl (C=O) groups excluding carboxylic acids is 1. The number of hydrogen-bond donors (Lipinski definition) is 1. The Morgan fingerprint density at radius 2 is 1.90 bits per heavy atom. The predicted molar refractivity (Wildman–Crippen MR) is 77.7 cm³/mol. The maximum atomic E-state index is 13.3. The first-order chi connectivity index (χ1) is 9.61. The van der Waals surface area contributed by atoms with Gasteiger partial charge in [-0.1, -0.05) is 30.3 Å². The van der Waals surface area contributed by atoms with E-state index in [0.29, 0.717) is 18.8 Å². The Morgan fingerprint density at radius 3 is 2.55 bits per heavy atom. The van der Waals surface area contributed by atoms with Gasteiger partial charge in [-0.15, -0.1) is 0 Å². The van der Waals surface area contributed by atoms with Gasteiger partial charge in [0.2, 0.25) is 0 Å². The maximum Gasteiger partial charge on any atom is 0.256 e. The number of anilines is 1. The van der Waals surface area contributed by atoms with Crippen molar-refractivity contribution in [3.8, 4) is 0 Å². The van der Waals surface area contributed by atoms with Gasteiger partial charge >= 0.3 is 0 Å². The molecule has 0 saturated heterocycles. The fourth-order valence-electron chi connectivity index (χ4n) is 2.02. The van der Waals surface area contributed by atoms with Crippen molar-refractivity contribution in [1.29, 1.82) is 0 Å². The maximum absolute atomic E-state index is 13.3. The first-order valence-electron chi connectivity index (χ1n) is 6.50. The van der Waals surface area contributed by atoms with Gasteiger partial charge in [0.25, 0.3) is 5.91 Å². The molecule has 20 heavy (non-hydrogen) atoms. The van der Waals surface area contributed by atoms with E-state index in [1.165, 1.54) is 18.2 Å². The zero-order valence-corrected chi connectivity index (χ0v) is 11.3. The van der Waals surface area contributed by atoms with Crippen LogP contribution in [-0.4, -0.2) is 17.4 Å². The monoisotopic (exact) mass is 272 g/mol. The van der Waals surface area contributed by atoms with Gasteiger partial charge in [-0.05, 0) is 30.7 Å². The average molecular weight is 272 g/mol. The normalized spacial score (nSPS) is 10.3. The summed E-state index contributed by atoms with van der Waals surface area (Å²) in [5, 5.41) is 0. The summed E-state index contributed by atoms with van der Waals surface area (Å²) in [7, 11) is 0. The van der Waals surface area contributed by atoms with E-state index < -0.39 is 5.82 Å². The minimum atomic E-state index is -0.460. The van der Waals surface area contributed by atoms with Crippen molar-refractivity contribution in [3.63, 3.8) is 0 Å².